The van der Waals surface area contributed by atoms with E-state index in [4.69, 9.17) is 0 Å². The number of amides is 1. The summed E-state index contributed by atoms with van der Waals surface area (Å²) in [6.45, 7) is 5.99. The fourth-order valence-electron chi connectivity index (χ4n) is 2.10. The van der Waals surface area contributed by atoms with Crippen LogP contribution in [0.1, 0.15) is 31.4 Å². The van der Waals surface area contributed by atoms with E-state index in [-0.39, 0.29) is 17.3 Å². The molecule has 2 N–H and O–H groups in total. The number of carbonyl (C=O) groups is 1. The predicted molar refractivity (Wildman–Crippen MR) is 87.0 cm³/mol. The van der Waals surface area contributed by atoms with E-state index in [1.165, 1.54) is 0 Å². The summed E-state index contributed by atoms with van der Waals surface area (Å²) < 4.78 is 1.67. The molecule has 0 aliphatic heterocycles. The van der Waals surface area contributed by atoms with Crippen molar-refractivity contribution in [3.8, 4) is 11.3 Å². The summed E-state index contributed by atoms with van der Waals surface area (Å²) in [5.74, 6) is -0.209. The zero-order valence-electron chi connectivity index (χ0n) is 13.2. The maximum atomic E-state index is 12.4. The van der Waals surface area contributed by atoms with Crippen molar-refractivity contribution in [1.29, 1.82) is 0 Å². The Hall–Kier alpha value is -2.96. The SMILES string of the molecule is CC(C)(C)n1cnc(C(=O)Nc2ccccc2-c2ccn[nH]2)n1. The number of para-hydroxylation sites is 1. The molecule has 0 radical (unpaired) electrons. The normalized spacial score (nSPS) is 11.4. The summed E-state index contributed by atoms with van der Waals surface area (Å²) in [4.78, 5) is 16.5. The van der Waals surface area contributed by atoms with Gasteiger partial charge in [-0.25, -0.2) is 9.67 Å². The molecule has 1 amide bonds. The van der Waals surface area contributed by atoms with Gasteiger partial charge in [-0.3, -0.25) is 9.89 Å². The van der Waals surface area contributed by atoms with Crippen molar-refractivity contribution in [3.05, 3.63) is 48.7 Å². The molecule has 7 nitrogen and oxygen atoms in total. The molecule has 0 spiro atoms. The predicted octanol–water partition coefficient (Wildman–Crippen LogP) is 2.68. The summed E-state index contributed by atoms with van der Waals surface area (Å²) in [6, 6.07) is 9.34. The highest BCUT2D eigenvalue weighted by molar-refractivity contribution is 6.03. The largest absolute Gasteiger partial charge is 0.319 e. The lowest BCUT2D eigenvalue weighted by Crippen LogP contribution is -2.23. The van der Waals surface area contributed by atoms with Crippen molar-refractivity contribution >= 4 is 11.6 Å². The monoisotopic (exact) mass is 310 g/mol. The first-order valence-electron chi connectivity index (χ1n) is 7.27. The first-order valence-corrected chi connectivity index (χ1v) is 7.27. The number of H-pyrrole nitrogens is 1. The number of aromatic nitrogens is 5. The highest BCUT2D eigenvalue weighted by Crippen LogP contribution is 2.26. The van der Waals surface area contributed by atoms with Gasteiger partial charge < -0.3 is 5.32 Å². The van der Waals surface area contributed by atoms with Crippen molar-refractivity contribution in [2.24, 2.45) is 0 Å². The molecule has 0 aliphatic carbocycles. The molecule has 7 heteroatoms. The van der Waals surface area contributed by atoms with Gasteiger partial charge in [-0.1, -0.05) is 18.2 Å². The van der Waals surface area contributed by atoms with Crippen LogP contribution in [0, 0.1) is 0 Å². The molecule has 0 saturated heterocycles. The Morgan fingerprint density at radius 2 is 2.00 bits per heavy atom. The van der Waals surface area contributed by atoms with Crippen molar-refractivity contribution in [3.63, 3.8) is 0 Å². The maximum Gasteiger partial charge on any atom is 0.295 e. The Labute approximate surface area is 133 Å². The third-order valence-corrected chi connectivity index (χ3v) is 3.35. The molecule has 3 rings (SSSR count). The number of anilines is 1. The lowest BCUT2D eigenvalue weighted by Gasteiger charge is -2.17. The number of aromatic amines is 1. The number of rotatable bonds is 3. The van der Waals surface area contributed by atoms with Crippen LogP contribution in [0.5, 0.6) is 0 Å². The van der Waals surface area contributed by atoms with Gasteiger partial charge in [0.1, 0.15) is 6.33 Å². The average molecular weight is 310 g/mol. The molecule has 0 saturated carbocycles. The minimum absolute atomic E-state index is 0.138. The zero-order chi connectivity index (χ0) is 16.4. The third-order valence-electron chi connectivity index (χ3n) is 3.35. The van der Waals surface area contributed by atoms with Crippen LogP contribution in [-0.2, 0) is 5.54 Å². The van der Waals surface area contributed by atoms with Gasteiger partial charge in [-0.05, 0) is 32.9 Å². The van der Waals surface area contributed by atoms with Crippen LogP contribution in [0.3, 0.4) is 0 Å². The van der Waals surface area contributed by atoms with Gasteiger partial charge in [-0.15, -0.1) is 5.10 Å². The molecule has 0 unspecified atom stereocenters. The van der Waals surface area contributed by atoms with Crippen LogP contribution in [0.25, 0.3) is 11.3 Å². The lowest BCUT2D eigenvalue weighted by molar-refractivity contribution is 0.101. The molecule has 3 aromatic rings. The fraction of sp³-hybridized carbons (Fsp3) is 0.250. The summed E-state index contributed by atoms with van der Waals surface area (Å²) in [5, 5.41) is 13.9. The van der Waals surface area contributed by atoms with Crippen LogP contribution < -0.4 is 5.32 Å². The molecule has 2 aromatic heterocycles. The van der Waals surface area contributed by atoms with Crippen molar-refractivity contribution in [1.82, 2.24) is 25.0 Å². The number of hydrogen-bond acceptors (Lipinski definition) is 4. The van der Waals surface area contributed by atoms with Crippen molar-refractivity contribution in [2.45, 2.75) is 26.3 Å². The van der Waals surface area contributed by atoms with Crippen molar-refractivity contribution < 1.29 is 4.79 Å². The maximum absolute atomic E-state index is 12.4. The molecule has 118 valence electrons. The highest BCUT2D eigenvalue weighted by atomic mass is 16.2. The molecule has 0 bridgehead atoms. The van der Waals surface area contributed by atoms with Gasteiger partial charge in [0.2, 0.25) is 5.82 Å². The first-order chi connectivity index (χ1) is 10.9. The van der Waals surface area contributed by atoms with Crippen molar-refractivity contribution in [2.75, 3.05) is 5.32 Å². The Bertz CT molecular complexity index is 813. The van der Waals surface area contributed by atoms with Gasteiger partial charge in [-0.2, -0.15) is 5.10 Å². The highest BCUT2D eigenvalue weighted by Gasteiger charge is 2.19. The van der Waals surface area contributed by atoms with E-state index in [1.54, 1.807) is 17.2 Å². The van der Waals surface area contributed by atoms with Gasteiger partial charge in [0.15, 0.2) is 0 Å². The van der Waals surface area contributed by atoms with E-state index in [1.807, 2.05) is 51.1 Å². The second kappa shape index (κ2) is 5.68. The number of carbonyl (C=O) groups excluding carboxylic acids is 1. The number of nitrogens with one attached hydrogen (secondary N) is 2. The number of benzene rings is 1. The second-order valence-corrected chi connectivity index (χ2v) is 6.15. The summed E-state index contributed by atoms with van der Waals surface area (Å²) >= 11 is 0. The van der Waals surface area contributed by atoms with E-state index < -0.39 is 0 Å². The average Bonchev–Trinajstić information content (AvgIpc) is 3.19. The Morgan fingerprint density at radius 1 is 1.22 bits per heavy atom. The van der Waals surface area contributed by atoms with E-state index in [9.17, 15) is 4.79 Å². The minimum Gasteiger partial charge on any atom is -0.319 e. The van der Waals surface area contributed by atoms with Gasteiger partial charge in [0.25, 0.3) is 5.91 Å². The molecule has 2 heterocycles. The lowest BCUT2D eigenvalue weighted by atomic mass is 10.1. The van der Waals surface area contributed by atoms with E-state index in [2.05, 4.69) is 25.6 Å². The topological polar surface area (TPSA) is 88.5 Å². The zero-order valence-corrected chi connectivity index (χ0v) is 13.2. The van der Waals surface area contributed by atoms with Crippen LogP contribution in [0.4, 0.5) is 5.69 Å². The number of hydrogen-bond donors (Lipinski definition) is 2. The summed E-state index contributed by atoms with van der Waals surface area (Å²) in [5.41, 5.74) is 2.14. The van der Waals surface area contributed by atoms with Gasteiger partial charge in [0, 0.05) is 11.8 Å². The van der Waals surface area contributed by atoms with Gasteiger partial charge in [0.05, 0.1) is 16.9 Å². The van der Waals surface area contributed by atoms with E-state index >= 15 is 0 Å². The Balaban J connectivity index is 1.85. The van der Waals surface area contributed by atoms with Crippen LogP contribution in [0.15, 0.2) is 42.9 Å². The summed E-state index contributed by atoms with van der Waals surface area (Å²) in [7, 11) is 0. The first kappa shape index (κ1) is 15.0. The third kappa shape index (κ3) is 3.13. The van der Waals surface area contributed by atoms with E-state index in [0.717, 1.165) is 11.3 Å². The molecule has 23 heavy (non-hydrogen) atoms. The molecule has 0 atom stereocenters. The minimum atomic E-state index is -0.347. The molecular formula is C16H18N6O. The Morgan fingerprint density at radius 3 is 2.65 bits per heavy atom. The van der Waals surface area contributed by atoms with Crippen LogP contribution in [0.2, 0.25) is 0 Å². The number of nitrogens with zero attached hydrogens (tertiary/aromatic N) is 4. The molecule has 1 aromatic carbocycles. The van der Waals surface area contributed by atoms with E-state index in [0.29, 0.717) is 5.69 Å². The molecule has 0 fully saturated rings. The fourth-order valence-corrected chi connectivity index (χ4v) is 2.10. The van der Waals surface area contributed by atoms with Gasteiger partial charge >= 0.3 is 0 Å². The smallest absolute Gasteiger partial charge is 0.295 e. The van der Waals surface area contributed by atoms with Crippen LogP contribution in [-0.4, -0.2) is 30.9 Å². The Kier molecular flexibility index (Phi) is 3.69. The standard InChI is InChI=1S/C16H18N6O/c1-16(2,3)22-10-17-14(21-22)15(23)19-12-7-5-4-6-11(12)13-8-9-18-20-13/h4-10H,1-3H3,(H,18,20)(H,19,23). The molecule has 0 aliphatic rings. The quantitative estimate of drug-likeness (QED) is 0.778. The summed E-state index contributed by atoms with van der Waals surface area (Å²) in [6.07, 6.45) is 3.23. The second-order valence-electron chi connectivity index (χ2n) is 6.15. The van der Waals surface area contributed by atoms with Crippen LogP contribution >= 0.6 is 0 Å². The molecular weight excluding hydrogens is 292 g/mol.